The van der Waals surface area contributed by atoms with Crippen LogP contribution in [0.3, 0.4) is 0 Å². The van der Waals surface area contributed by atoms with Crippen LogP contribution >= 0.6 is 11.8 Å². The van der Waals surface area contributed by atoms with Gasteiger partial charge in [-0.05, 0) is 45.9 Å². The number of amides is 1. The van der Waals surface area contributed by atoms with Gasteiger partial charge in [0.2, 0.25) is 11.1 Å². The Kier molecular flexibility index (Phi) is 5.50. The number of aromatic nitrogens is 5. The number of anilines is 1. The molecule has 0 saturated heterocycles. The van der Waals surface area contributed by atoms with E-state index in [0.717, 1.165) is 17.1 Å². The molecule has 0 aliphatic carbocycles. The molecule has 0 saturated carbocycles. The van der Waals surface area contributed by atoms with Gasteiger partial charge in [0.25, 0.3) is 5.95 Å². The van der Waals surface area contributed by atoms with Gasteiger partial charge in [-0.25, -0.2) is 9.36 Å². The molecule has 2 heterocycles. The SMILES string of the molecule is Cc1cc(C)n(-c2nnc(SCC(=O)N(c3ccccc3)C(C)C)n2N)n1. The summed E-state index contributed by atoms with van der Waals surface area (Å²) < 4.78 is 3.00. The molecular weight excluding hydrogens is 362 g/mol. The number of thioether (sulfide) groups is 1. The first kappa shape index (κ1) is 19.0. The van der Waals surface area contributed by atoms with Crippen LogP contribution in [-0.4, -0.2) is 42.4 Å². The number of carbonyl (C=O) groups excluding carboxylic acids is 1. The lowest BCUT2D eigenvalue weighted by Gasteiger charge is -2.26. The molecule has 0 bridgehead atoms. The van der Waals surface area contributed by atoms with Crippen molar-refractivity contribution in [3.05, 3.63) is 47.8 Å². The second-order valence-corrected chi connectivity index (χ2v) is 7.42. The van der Waals surface area contributed by atoms with E-state index in [1.165, 1.54) is 16.4 Å². The van der Waals surface area contributed by atoms with Crippen LogP contribution in [-0.2, 0) is 4.79 Å². The Morgan fingerprint density at radius 2 is 1.93 bits per heavy atom. The first-order valence-electron chi connectivity index (χ1n) is 8.62. The van der Waals surface area contributed by atoms with E-state index in [1.54, 1.807) is 9.58 Å². The van der Waals surface area contributed by atoms with Crippen LogP contribution in [0.2, 0.25) is 0 Å². The smallest absolute Gasteiger partial charge is 0.271 e. The maximum absolute atomic E-state index is 12.8. The fourth-order valence-corrected chi connectivity index (χ4v) is 3.57. The summed E-state index contributed by atoms with van der Waals surface area (Å²) in [5, 5.41) is 13.1. The van der Waals surface area contributed by atoms with Gasteiger partial charge in [-0.2, -0.15) is 5.10 Å². The fraction of sp³-hybridized carbons (Fsp3) is 0.333. The minimum Gasteiger partial charge on any atom is -0.334 e. The first-order valence-corrected chi connectivity index (χ1v) is 9.61. The zero-order valence-corrected chi connectivity index (χ0v) is 16.6. The summed E-state index contributed by atoms with van der Waals surface area (Å²) in [5.74, 6) is 6.74. The quantitative estimate of drug-likeness (QED) is 0.517. The van der Waals surface area contributed by atoms with Crippen molar-refractivity contribution in [3.63, 3.8) is 0 Å². The van der Waals surface area contributed by atoms with Gasteiger partial charge in [-0.3, -0.25) is 4.79 Å². The van der Waals surface area contributed by atoms with E-state index in [0.29, 0.717) is 11.1 Å². The molecule has 3 rings (SSSR count). The van der Waals surface area contributed by atoms with Gasteiger partial charge in [0.05, 0.1) is 11.4 Å². The van der Waals surface area contributed by atoms with Crippen molar-refractivity contribution in [1.29, 1.82) is 0 Å². The lowest BCUT2D eigenvalue weighted by molar-refractivity contribution is -0.116. The predicted octanol–water partition coefficient (Wildman–Crippen LogP) is 2.33. The molecule has 1 amide bonds. The van der Waals surface area contributed by atoms with E-state index in [4.69, 9.17) is 5.84 Å². The molecule has 0 radical (unpaired) electrons. The van der Waals surface area contributed by atoms with Crippen LogP contribution in [0.5, 0.6) is 0 Å². The highest BCUT2D eigenvalue weighted by molar-refractivity contribution is 7.99. The number of hydrogen-bond donors (Lipinski definition) is 1. The second kappa shape index (κ2) is 7.83. The highest BCUT2D eigenvalue weighted by atomic mass is 32.2. The van der Waals surface area contributed by atoms with Crippen LogP contribution in [0, 0.1) is 13.8 Å². The average molecular weight is 385 g/mol. The molecule has 0 unspecified atom stereocenters. The summed E-state index contributed by atoms with van der Waals surface area (Å²) in [4.78, 5) is 14.6. The van der Waals surface area contributed by atoms with Crippen molar-refractivity contribution in [2.45, 2.75) is 38.9 Å². The fourth-order valence-electron chi connectivity index (χ4n) is 2.86. The van der Waals surface area contributed by atoms with Crippen molar-refractivity contribution in [2.75, 3.05) is 16.5 Å². The lowest BCUT2D eigenvalue weighted by atomic mass is 10.2. The number of benzene rings is 1. The Labute approximate surface area is 162 Å². The van der Waals surface area contributed by atoms with Gasteiger partial charge in [0, 0.05) is 17.4 Å². The van der Waals surface area contributed by atoms with E-state index >= 15 is 0 Å². The Morgan fingerprint density at radius 3 is 2.52 bits per heavy atom. The van der Waals surface area contributed by atoms with Crippen molar-refractivity contribution < 1.29 is 4.79 Å². The number of nitrogen functional groups attached to an aromatic ring is 1. The normalized spacial score (nSPS) is 11.1. The van der Waals surface area contributed by atoms with Crippen molar-refractivity contribution in [3.8, 4) is 5.95 Å². The van der Waals surface area contributed by atoms with Gasteiger partial charge in [0.15, 0.2) is 0 Å². The maximum Gasteiger partial charge on any atom is 0.271 e. The van der Waals surface area contributed by atoms with Crippen LogP contribution < -0.4 is 10.7 Å². The van der Waals surface area contributed by atoms with Gasteiger partial charge >= 0.3 is 0 Å². The zero-order valence-electron chi connectivity index (χ0n) is 15.8. The summed E-state index contributed by atoms with van der Waals surface area (Å²) in [5.41, 5.74) is 2.65. The molecular formula is C18H23N7OS. The van der Waals surface area contributed by atoms with Gasteiger partial charge < -0.3 is 10.7 Å². The Hall–Kier alpha value is -2.81. The molecule has 0 aliphatic heterocycles. The highest BCUT2D eigenvalue weighted by Crippen LogP contribution is 2.22. The van der Waals surface area contributed by atoms with Crippen molar-refractivity contribution in [1.82, 2.24) is 24.7 Å². The molecule has 0 spiro atoms. The molecule has 1 aromatic carbocycles. The Bertz CT molecular complexity index is 933. The highest BCUT2D eigenvalue weighted by Gasteiger charge is 2.21. The number of nitrogens with two attached hydrogens (primary N) is 1. The summed E-state index contributed by atoms with van der Waals surface area (Å²) in [6, 6.07) is 11.6. The third-order valence-electron chi connectivity index (χ3n) is 3.99. The van der Waals surface area contributed by atoms with E-state index in [1.807, 2.05) is 64.1 Å². The first-order chi connectivity index (χ1) is 12.9. The topological polar surface area (TPSA) is 94.9 Å². The minimum absolute atomic E-state index is 0.0168. The molecule has 2 aromatic heterocycles. The van der Waals surface area contributed by atoms with Gasteiger partial charge in [0.1, 0.15) is 0 Å². The summed E-state index contributed by atoms with van der Waals surface area (Å²) >= 11 is 1.26. The van der Waals surface area contributed by atoms with Gasteiger partial charge in [-0.15, -0.1) is 10.2 Å². The third-order valence-corrected chi connectivity index (χ3v) is 4.92. The number of aryl methyl sites for hydroxylation is 2. The molecule has 2 N–H and O–H groups in total. The maximum atomic E-state index is 12.8. The third kappa shape index (κ3) is 3.97. The van der Waals surface area contributed by atoms with E-state index in [9.17, 15) is 4.79 Å². The van der Waals surface area contributed by atoms with E-state index in [2.05, 4.69) is 15.3 Å². The van der Waals surface area contributed by atoms with Crippen LogP contribution in [0.25, 0.3) is 5.95 Å². The van der Waals surface area contributed by atoms with Crippen molar-refractivity contribution >= 4 is 23.4 Å². The largest absolute Gasteiger partial charge is 0.334 e. The number of nitrogens with zero attached hydrogens (tertiary/aromatic N) is 6. The average Bonchev–Trinajstić information content (AvgIpc) is 3.15. The summed E-state index contributed by atoms with van der Waals surface area (Å²) in [6.07, 6.45) is 0. The molecule has 9 heteroatoms. The predicted molar refractivity (Wildman–Crippen MR) is 107 cm³/mol. The number of hydrogen-bond acceptors (Lipinski definition) is 6. The minimum atomic E-state index is -0.0168. The Morgan fingerprint density at radius 1 is 1.22 bits per heavy atom. The monoisotopic (exact) mass is 385 g/mol. The molecule has 8 nitrogen and oxygen atoms in total. The zero-order chi connectivity index (χ0) is 19.6. The standard InChI is InChI=1S/C18H23N7OS/c1-12(2)23(15-8-6-5-7-9-15)16(26)11-27-18-21-20-17(24(18)19)25-14(4)10-13(3)22-25/h5-10,12H,11,19H2,1-4H3. The molecule has 142 valence electrons. The molecule has 0 aliphatic rings. The summed E-state index contributed by atoms with van der Waals surface area (Å²) in [6.45, 7) is 7.80. The molecule has 0 fully saturated rings. The van der Waals surface area contributed by atoms with E-state index in [-0.39, 0.29) is 17.7 Å². The Balaban J connectivity index is 1.75. The van der Waals surface area contributed by atoms with Crippen molar-refractivity contribution in [2.24, 2.45) is 0 Å². The molecule has 3 aromatic rings. The number of para-hydroxylation sites is 1. The van der Waals surface area contributed by atoms with E-state index < -0.39 is 0 Å². The van der Waals surface area contributed by atoms with Crippen LogP contribution in [0.15, 0.2) is 41.6 Å². The number of rotatable bonds is 6. The molecule has 0 atom stereocenters. The lowest BCUT2D eigenvalue weighted by Crippen LogP contribution is -2.38. The van der Waals surface area contributed by atoms with Gasteiger partial charge in [-0.1, -0.05) is 30.0 Å². The second-order valence-electron chi connectivity index (χ2n) is 6.47. The summed E-state index contributed by atoms with van der Waals surface area (Å²) in [7, 11) is 0. The number of carbonyl (C=O) groups is 1. The van der Waals surface area contributed by atoms with Crippen LogP contribution in [0.4, 0.5) is 5.69 Å². The van der Waals surface area contributed by atoms with Crippen LogP contribution in [0.1, 0.15) is 25.2 Å². The molecule has 27 heavy (non-hydrogen) atoms.